The molecule has 0 aliphatic rings. The van der Waals surface area contributed by atoms with E-state index in [0.717, 1.165) is 28.6 Å². The second-order valence-electron chi connectivity index (χ2n) is 5.47. The highest BCUT2D eigenvalue weighted by Gasteiger charge is 2.30. The number of alkyl halides is 3. The van der Waals surface area contributed by atoms with Gasteiger partial charge in [-0.25, -0.2) is 0 Å². The van der Waals surface area contributed by atoms with Gasteiger partial charge in [0.1, 0.15) is 0 Å². The van der Waals surface area contributed by atoms with Crippen molar-refractivity contribution >= 4 is 10.9 Å². The molecule has 0 fully saturated rings. The summed E-state index contributed by atoms with van der Waals surface area (Å²) in [6.45, 7) is 1.95. The van der Waals surface area contributed by atoms with E-state index in [1.54, 1.807) is 12.1 Å². The number of rotatable bonds is 2. The van der Waals surface area contributed by atoms with Crippen LogP contribution in [-0.2, 0) is 12.7 Å². The van der Waals surface area contributed by atoms with E-state index in [0.29, 0.717) is 5.56 Å². The number of hydrogen-bond acceptors (Lipinski definition) is 1. The molecule has 0 N–H and O–H groups in total. The van der Waals surface area contributed by atoms with Crippen LogP contribution >= 0.6 is 0 Å². The Labute approximate surface area is 130 Å². The van der Waals surface area contributed by atoms with Crippen molar-refractivity contribution < 1.29 is 13.2 Å². The molecule has 3 aromatic rings. The highest BCUT2D eigenvalue weighted by molar-refractivity contribution is 5.82. The van der Waals surface area contributed by atoms with Crippen molar-refractivity contribution in [3.05, 3.63) is 81.6 Å². The lowest BCUT2D eigenvalue weighted by atomic mass is 10.1. The summed E-state index contributed by atoms with van der Waals surface area (Å²) in [5.41, 5.74) is 1.08. The minimum Gasteiger partial charge on any atom is -0.304 e. The first-order valence-electron chi connectivity index (χ1n) is 7.11. The van der Waals surface area contributed by atoms with Crippen molar-refractivity contribution in [1.29, 1.82) is 0 Å². The number of para-hydroxylation sites is 1. The van der Waals surface area contributed by atoms with Crippen molar-refractivity contribution in [2.24, 2.45) is 0 Å². The number of benzene rings is 2. The van der Waals surface area contributed by atoms with Crippen molar-refractivity contribution in [3.8, 4) is 0 Å². The number of pyridine rings is 1. The summed E-state index contributed by atoms with van der Waals surface area (Å²) in [6.07, 6.45) is -4.39. The zero-order chi connectivity index (χ0) is 16.6. The maximum atomic E-state index is 12.8. The van der Waals surface area contributed by atoms with Gasteiger partial charge in [0.05, 0.1) is 17.6 Å². The molecule has 0 unspecified atom stereocenters. The summed E-state index contributed by atoms with van der Waals surface area (Å²) in [4.78, 5) is 12.3. The number of hydrogen-bond donors (Lipinski definition) is 0. The molecule has 0 saturated heterocycles. The van der Waals surface area contributed by atoms with Crippen LogP contribution in [0.2, 0.25) is 0 Å². The van der Waals surface area contributed by atoms with Gasteiger partial charge in [-0.2, -0.15) is 13.2 Å². The molecule has 0 atom stereocenters. The van der Waals surface area contributed by atoms with Crippen molar-refractivity contribution in [1.82, 2.24) is 4.57 Å². The third-order valence-corrected chi connectivity index (χ3v) is 3.82. The van der Waals surface area contributed by atoms with Crippen molar-refractivity contribution in [2.75, 3.05) is 0 Å². The van der Waals surface area contributed by atoms with Crippen LogP contribution in [0, 0.1) is 6.92 Å². The van der Waals surface area contributed by atoms with E-state index in [9.17, 15) is 18.0 Å². The Hall–Kier alpha value is -2.56. The molecule has 23 heavy (non-hydrogen) atoms. The maximum Gasteiger partial charge on any atom is 0.416 e. The molecule has 0 saturated carbocycles. The van der Waals surface area contributed by atoms with E-state index >= 15 is 0 Å². The highest BCUT2D eigenvalue weighted by Crippen LogP contribution is 2.29. The van der Waals surface area contributed by atoms with Crippen LogP contribution in [0.3, 0.4) is 0 Å². The number of halogens is 3. The van der Waals surface area contributed by atoms with Gasteiger partial charge in [0, 0.05) is 11.5 Å². The van der Waals surface area contributed by atoms with Crippen LogP contribution in [0.25, 0.3) is 10.9 Å². The van der Waals surface area contributed by atoms with Crippen molar-refractivity contribution in [3.63, 3.8) is 0 Å². The Morgan fingerprint density at radius 3 is 2.48 bits per heavy atom. The lowest BCUT2D eigenvalue weighted by molar-refractivity contribution is -0.137. The normalized spacial score (nSPS) is 11.8. The molecular formula is C18H14F3NO. The molecule has 118 valence electrons. The number of nitrogens with zero attached hydrogens (tertiary/aromatic N) is 1. The zero-order valence-corrected chi connectivity index (χ0v) is 12.4. The fraction of sp³-hybridized carbons (Fsp3) is 0.167. The molecule has 0 bridgehead atoms. The van der Waals surface area contributed by atoms with Crippen LogP contribution < -0.4 is 5.56 Å². The molecule has 1 heterocycles. The number of aryl methyl sites for hydroxylation is 1. The Bertz CT molecular complexity index is 925. The summed E-state index contributed by atoms with van der Waals surface area (Å²) in [6, 6.07) is 14.0. The average Bonchev–Trinajstić information content (AvgIpc) is 2.51. The highest BCUT2D eigenvalue weighted by atomic mass is 19.4. The SMILES string of the molecule is Cc1cc(=O)n(Cc2cccc(C(F)(F)F)c2)c2ccccc12. The fourth-order valence-corrected chi connectivity index (χ4v) is 2.69. The molecule has 1 aromatic heterocycles. The fourth-order valence-electron chi connectivity index (χ4n) is 2.69. The van der Waals surface area contributed by atoms with Gasteiger partial charge in [-0.3, -0.25) is 4.79 Å². The summed E-state index contributed by atoms with van der Waals surface area (Å²) < 4.78 is 40.0. The summed E-state index contributed by atoms with van der Waals surface area (Å²) in [7, 11) is 0. The van der Waals surface area contributed by atoms with Gasteiger partial charge in [0.25, 0.3) is 5.56 Å². The third kappa shape index (κ3) is 2.99. The van der Waals surface area contributed by atoms with Gasteiger partial charge < -0.3 is 4.57 Å². The van der Waals surface area contributed by atoms with Gasteiger partial charge in [0.2, 0.25) is 0 Å². The van der Waals surface area contributed by atoms with Crippen LogP contribution in [0.15, 0.2) is 59.4 Å². The van der Waals surface area contributed by atoms with Crippen LogP contribution in [0.1, 0.15) is 16.7 Å². The Morgan fingerprint density at radius 1 is 1.00 bits per heavy atom. The van der Waals surface area contributed by atoms with E-state index in [1.807, 2.05) is 25.1 Å². The largest absolute Gasteiger partial charge is 0.416 e. The van der Waals surface area contributed by atoms with Gasteiger partial charge in [0.15, 0.2) is 0 Å². The molecule has 0 aliphatic heterocycles. The quantitative estimate of drug-likeness (QED) is 0.687. The van der Waals surface area contributed by atoms with Gasteiger partial charge in [-0.05, 0) is 36.2 Å². The molecule has 5 heteroatoms. The van der Waals surface area contributed by atoms with Crippen molar-refractivity contribution in [2.45, 2.75) is 19.6 Å². The van der Waals surface area contributed by atoms with E-state index in [4.69, 9.17) is 0 Å². The van der Waals surface area contributed by atoms with Gasteiger partial charge >= 0.3 is 6.18 Å². The monoisotopic (exact) mass is 317 g/mol. The van der Waals surface area contributed by atoms with E-state index < -0.39 is 11.7 Å². The van der Waals surface area contributed by atoms with Crippen LogP contribution in [0.5, 0.6) is 0 Å². The number of aromatic nitrogens is 1. The zero-order valence-electron chi connectivity index (χ0n) is 12.4. The van der Waals surface area contributed by atoms with Crippen LogP contribution in [-0.4, -0.2) is 4.57 Å². The molecule has 2 aromatic carbocycles. The smallest absolute Gasteiger partial charge is 0.304 e. The second-order valence-corrected chi connectivity index (χ2v) is 5.47. The topological polar surface area (TPSA) is 22.0 Å². The van der Waals surface area contributed by atoms with E-state index in [-0.39, 0.29) is 12.1 Å². The lowest BCUT2D eigenvalue weighted by Gasteiger charge is -2.13. The Balaban J connectivity index is 2.11. The Morgan fingerprint density at radius 2 is 1.74 bits per heavy atom. The molecule has 0 radical (unpaired) electrons. The van der Waals surface area contributed by atoms with Gasteiger partial charge in [-0.1, -0.05) is 30.3 Å². The van der Waals surface area contributed by atoms with Crippen LogP contribution in [0.4, 0.5) is 13.2 Å². The minimum absolute atomic E-state index is 0.101. The second kappa shape index (κ2) is 5.57. The van der Waals surface area contributed by atoms with E-state index in [1.165, 1.54) is 16.7 Å². The maximum absolute atomic E-state index is 12.8. The molecule has 0 spiro atoms. The molecule has 0 amide bonds. The first kappa shape index (κ1) is 15.3. The van der Waals surface area contributed by atoms with E-state index in [2.05, 4.69) is 0 Å². The molecular weight excluding hydrogens is 303 g/mol. The molecule has 3 rings (SSSR count). The summed E-state index contributed by atoms with van der Waals surface area (Å²) in [5.74, 6) is 0. The first-order valence-corrected chi connectivity index (χ1v) is 7.11. The predicted octanol–water partition coefficient (Wildman–Crippen LogP) is 4.38. The lowest BCUT2D eigenvalue weighted by Crippen LogP contribution is -2.21. The standard InChI is InChI=1S/C18H14F3NO/c1-12-9-17(23)22(16-8-3-2-7-15(12)16)11-13-5-4-6-14(10-13)18(19,20)21/h2-10H,11H2,1H3. The first-order chi connectivity index (χ1) is 10.9. The summed E-state index contributed by atoms with van der Waals surface area (Å²) >= 11 is 0. The van der Waals surface area contributed by atoms with Gasteiger partial charge in [-0.15, -0.1) is 0 Å². The predicted molar refractivity (Wildman–Crippen MR) is 83.5 cm³/mol. The molecule has 0 aliphatic carbocycles. The minimum atomic E-state index is -4.39. The summed E-state index contributed by atoms with van der Waals surface area (Å²) in [5, 5.41) is 0.916. The molecule has 2 nitrogen and oxygen atoms in total. The third-order valence-electron chi connectivity index (χ3n) is 3.82. The average molecular weight is 317 g/mol. The number of fused-ring (bicyclic) bond motifs is 1. The Kier molecular flexibility index (Phi) is 3.72.